The lowest BCUT2D eigenvalue weighted by molar-refractivity contribution is 0.166. The van der Waals surface area contributed by atoms with Gasteiger partial charge in [0.2, 0.25) is 5.56 Å². The minimum atomic E-state index is 0. The van der Waals surface area contributed by atoms with Crippen LogP contribution in [0.1, 0.15) is 37.3 Å². The molecule has 0 aliphatic carbocycles. The van der Waals surface area contributed by atoms with Crippen LogP contribution in [-0.4, -0.2) is 43.4 Å². The maximum Gasteiger partial charge on any atom is 0.250 e. The average Bonchev–Trinajstić information content (AvgIpc) is 3.31. The first-order valence-electron chi connectivity index (χ1n) is 11.6. The molecule has 0 radical (unpaired) electrons. The highest BCUT2D eigenvalue weighted by molar-refractivity contribution is 14.0. The second-order valence-corrected chi connectivity index (χ2v) is 8.21. The second kappa shape index (κ2) is 15.0. The molecule has 1 saturated heterocycles. The zero-order valence-corrected chi connectivity index (χ0v) is 22.0. The first-order valence-corrected chi connectivity index (χ1v) is 11.6. The Balaban J connectivity index is 0.00000385. The van der Waals surface area contributed by atoms with Crippen molar-refractivity contribution < 1.29 is 9.47 Å². The average molecular weight is 569 g/mol. The van der Waals surface area contributed by atoms with Crippen molar-refractivity contribution in [1.82, 2.24) is 15.2 Å². The summed E-state index contributed by atoms with van der Waals surface area (Å²) in [4.78, 5) is 16.5. The molecule has 1 atom stereocenters. The highest BCUT2D eigenvalue weighted by atomic mass is 127. The van der Waals surface area contributed by atoms with Gasteiger partial charge in [-0.2, -0.15) is 0 Å². The highest BCUT2D eigenvalue weighted by Crippen LogP contribution is 2.23. The van der Waals surface area contributed by atoms with E-state index in [4.69, 9.17) is 14.5 Å². The molecule has 1 aromatic carbocycles. The van der Waals surface area contributed by atoms with E-state index in [-0.39, 0.29) is 29.5 Å². The molecule has 8 heteroatoms. The van der Waals surface area contributed by atoms with Crippen LogP contribution in [-0.2, 0) is 17.8 Å². The fourth-order valence-corrected chi connectivity index (χ4v) is 3.61. The van der Waals surface area contributed by atoms with Crippen LogP contribution in [0.2, 0.25) is 0 Å². The summed E-state index contributed by atoms with van der Waals surface area (Å²) >= 11 is 0. The SMILES string of the molecule is CCNC(=NCc1ccc(C)cc1OCC1CCOC1)NCCCCn1ccccc1=O.I. The number of ether oxygens (including phenoxy) is 2. The number of aliphatic imine (C=N–C) groups is 1. The monoisotopic (exact) mass is 568 g/mol. The van der Waals surface area contributed by atoms with Crippen LogP contribution >= 0.6 is 24.0 Å². The van der Waals surface area contributed by atoms with Gasteiger partial charge in [-0.05, 0) is 50.8 Å². The van der Waals surface area contributed by atoms with E-state index in [0.29, 0.717) is 19.1 Å². The highest BCUT2D eigenvalue weighted by Gasteiger charge is 2.17. The Morgan fingerprint density at radius 3 is 2.88 bits per heavy atom. The van der Waals surface area contributed by atoms with Crippen molar-refractivity contribution in [3.8, 4) is 5.75 Å². The third-order valence-corrected chi connectivity index (χ3v) is 5.49. The number of nitrogens with zero attached hydrogens (tertiary/aromatic N) is 2. The van der Waals surface area contributed by atoms with E-state index in [9.17, 15) is 4.79 Å². The van der Waals surface area contributed by atoms with Gasteiger partial charge in [-0.3, -0.25) is 4.79 Å². The molecule has 0 bridgehead atoms. The van der Waals surface area contributed by atoms with E-state index in [0.717, 1.165) is 69.4 Å². The molecule has 1 aliphatic heterocycles. The summed E-state index contributed by atoms with van der Waals surface area (Å²) in [5.41, 5.74) is 2.31. The molecule has 33 heavy (non-hydrogen) atoms. The molecule has 1 fully saturated rings. The van der Waals surface area contributed by atoms with Gasteiger partial charge in [0.25, 0.3) is 0 Å². The number of unbranched alkanes of at least 4 members (excludes halogenated alkanes) is 1. The maximum atomic E-state index is 11.8. The molecule has 2 heterocycles. The summed E-state index contributed by atoms with van der Waals surface area (Å²) < 4.78 is 13.3. The van der Waals surface area contributed by atoms with Crippen molar-refractivity contribution in [1.29, 1.82) is 0 Å². The van der Waals surface area contributed by atoms with Gasteiger partial charge in [0, 0.05) is 50.0 Å². The third-order valence-electron chi connectivity index (χ3n) is 5.49. The van der Waals surface area contributed by atoms with Crippen LogP contribution in [0.5, 0.6) is 5.75 Å². The molecule has 1 unspecified atom stereocenters. The minimum absolute atomic E-state index is 0. The van der Waals surface area contributed by atoms with Crippen LogP contribution in [0.4, 0.5) is 0 Å². The molecule has 0 spiro atoms. The number of benzene rings is 1. The van der Waals surface area contributed by atoms with Crippen molar-refractivity contribution >= 4 is 29.9 Å². The number of guanidine groups is 1. The molecule has 1 aliphatic rings. The molecule has 182 valence electrons. The Labute approximate surface area is 214 Å². The van der Waals surface area contributed by atoms with Crippen LogP contribution in [0.15, 0.2) is 52.4 Å². The standard InChI is InChI=1S/C25H36N4O3.HI/c1-3-26-25(27-12-5-7-14-29-13-6-4-8-24(29)30)28-17-22-10-9-20(2)16-23(22)32-19-21-11-15-31-18-21;/h4,6,8-10,13,16,21H,3,5,7,11-12,14-15,17-19H2,1-2H3,(H2,26,27,28);1H. The number of aryl methyl sites for hydroxylation is 2. The smallest absolute Gasteiger partial charge is 0.250 e. The van der Waals surface area contributed by atoms with E-state index >= 15 is 0 Å². The van der Waals surface area contributed by atoms with E-state index in [1.807, 2.05) is 12.3 Å². The number of pyridine rings is 1. The Morgan fingerprint density at radius 2 is 2.12 bits per heavy atom. The maximum absolute atomic E-state index is 11.8. The summed E-state index contributed by atoms with van der Waals surface area (Å²) in [7, 11) is 0. The van der Waals surface area contributed by atoms with Gasteiger partial charge in [-0.25, -0.2) is 4.99 Å². The topological polar surface area (TPSA) is 76.9 Å². The summed E-state index contributed by atoms with van der Waals surface area (Å²) in [6, 6.07) is 11.5. The summed E-state index contributed by atoms with van der Waals surface area (Å²) in [5.74, 6) is 2.17. The third kappa shape index (κ3) is 9.37. The van der Waals surface area contributed by atoms with Gasteiger partial charge in [0.1, 0.15) is 5.75 Å². The molecule has 7 nitrogen and oxygen atoms in total. The normalized spacial score (nSPS) is 15.7. The lowest BCUT2D eigenvalue weighted by Gasteiger charge is -2.15. The predicted octanol–water partition coefficient (Wildman–Crippen LogP) is 3.73. The van der Waals surface area contributed by atoms with Gasteiger partial charge in [0.15, 0.2) is 5.96 Å². The van der Waals surface area contributed by atoms with E-state index in [1.54, 1.807) is 16.7 Å². The zero-order chi connectivity index (χ0) is 22.6. The second-order valence-electron chi connectivity index (χ2n) is 8.21. The summed E-state index contributed by atoms with van der Waals surface area (Å²) in [5, 5.41) is 6.70. The number of halogens is 1. The summed E-state index contributed by atoms with van der Waals surface area (Å²) in [6.07, 6.45) is 4.78. The van der Waals surface area contributed by atoms with Gasteiger partial charge >= 0.3 is 0 Å². The Bertz CT molecular complexity index is 926. The number of aromatic nitrogens is 1. The van der Waals surface area contributed by atoms with Gasteiger partial charge < -0.3 is 24.7 Å². The lowest BCUT2D eigenvalue weighted by atomic mass is 10.1. The van der Waals surface area contributed by atoms with Crippen molar-refractivity contribution in [3.05, 3.63) is 64.1 Å². The predicted molar refractivity (Wildman–Crippen MR) is 144 cm³/mol. The number of rotatable bonds is 11. The first kappa shape index (κ1) is 27.2. The van der Waals surface area contributed by atoms with E-state index in [2.05, 4.69) is 42.7 Å². The van der Waals surface area contributed by atoms with Crippen molar-refractivity contribution in [3.63, 3.8) is 0 Å². The zero-order valence-electron chi connectivity index (χ0n) is 19.7. The first-order chi connectivity index (χ1) is 15.7. The van der Waals surface area contributed by atoms with Gasteiger partial charge in [0.05, 0.1) is 19.8 Å². The van der Waals surface area contributed by atoms with Gasteiger partial charge in [-0.15, -0.1) is 24.0 Å². The number of nitrogens with one attached hydrogen (secondary N) is 2. The summed E-state index contributed by atoms with van der Waals surface area (Å²) in [6.45, 7) is 9.30. The number of hydrogen-bond donors (Lipinski definition) is 2. The molecule has 3 rings (SSSR count). The van der Waals surface area contributed by atoms with Crippen molar-refractivity contribution in [2.45, 2.75) is 46.2 Å². The van der Waals surface area contributed by atoms with Crippen LogP contribution in [0.25, 0.3) is 0 Å². The molecule has 1 aromatic heterocycles. The molecule has 2 N–H and O–H groups in total. The Hall–Kier alpha value is -2.07. The van der Waals surface area contributed by atoms with Crippen LogP contribution in [0, 0.1) is 12.8 Å². The molecule has 0 amide bonds. The molecule has 2 aromatic rings. The van der Waals surface area contributed by atoms with Crippen LogP contribution < -0.4 is 20.9 Å². The fraction of sp³-hybridized carbons (Fsp3) is 0.520. The largest absolute Gasteiger partial charge is 0.493 e. The molecule has 0 saturated carbocycles. The van der Waals surface area contributed by atoms with Crippen molar-refractivity contribution in [2.24, 2.45) is 10.9 Å². The number of hydrogen-bond acceptors (Lipinski definition) is 4. The van der Waals surface area contributed by atoms with Crippen LogP contribution in [0.3, 0.4) is 0 Å². The van der Waals surface area contributed by atoms with Crippen molar-refractivity contribution in [2.75, 3.05) is 32.9 Å². The lowest BCUT2D eigenvalue weighted by Crippen LogP contribution is -2.37. The Morgan fingerprint density at radius 1 is 1.24 bits per heavy atom. The van der Waals surface area contributed by atoms with Gasteiger partial charge in [-0.1, -0.05) is 18.2 Å². The molecular formula is C25H37IN4O3. The van der Waals surface area contributed by atoms with E-state index < -0.39 is 0 Å². The minimum Gasteiger partial charge on any atom is -0.493 e. The Kier molecular flexibility index (Phi) is 12.3. The quantitative estimate of drug-likeness (QED) is 0.187. The van der Waals surface area contributed by atoms with E-state index in [1.165, 1.54) is 5.56 Å². The molecular weight excluding hydrogens is 531 g/mol. The fourth-order valence-electron chi connectivity index (χ4n) is 3.61.